The summed E-state index contributed by atoms with van der Waals surface area (Å²) >= 11 is 0. The highest BCUT2D eigenvalue weighted by atomic mass is 15.1. The first-order valence-corrected chi connectivity index (χ1v) is 7.49. The number of rotatable bonds is 3. The Balaban J connectivity index is 2.17. The number of anilines is 2. The molecule has 0 unspecified atom stereocenters. The number of aromatic nitrogens is 2. The van der Waals surface area contributed by atoms with Gasteiger partial charge in [-0.3, -0.25) is 0 Å². The van der Waals surface area contributed by atoms with Crippen LogP contribution in [-0.4, -0.2) is 23.1 Å². The van der Waals surface area contributed by atoms with Crippen LogP contribution in [-0.2, 0) is 0 Å². The fourth-order valence-electron chi connectivity index (χ4n) is 3.85. The maximum absolute atomic E-state index is 4.55. The number of nitrogens with one attached hydrogen (secondary N) is 2. The molecule has 2 N–H and O–H groups in total. The average molecular weight is 276 g/mol. The first-order chi connectivity index (χ1) is 9.21. The summed E-state index contributed by atoms with van der Waals surface area (Å²) in [5.74, 6) is 1.63. The summed E-state index contributed by atoms with van der Waals surface area (Å²) < 4.78 is 0. The zero-order valence-electron chi connectivity index (χ0n) is 13.7. The lowest BCUT2D eigenvalue weighted by Crippen LogP contribution is -2.40. The number of hydrogen-bond acceptors (Lipinski definition) is 4. The van der Waals surface area contributed by atoms with Gasteiger partial charge in [-0.15, -0.1) is 0 Å². The van der Waals surface area contributed by atoms with Crippen molar-refractivity contribution >= 4 is 11.8 Å². The molecule has 1 aromatic heterocycles. The zero-order chi connectivity index (χ0) is 15.0. The van der Waals surface area contributed by atoms with Gasteiger partial charge >= 0.3 is 0 Å². The molecule has 0 saturated heterocycles. The van der Waals surface area contributed by atoms with E-state index in [2.05, 4.69) is 55.2 Å². The summed E-state index contributed by atoms with van der Waals surface area (Å²) in [5.41, 5.74) is 1.86. The third-order valence-corrected chi connectivity index (χ3v) is 4.09. The fraction of sp³-hybridized carbons (Fsp3) is 0.750. The minimum absolute atomic E-state index is 0.381. The molecule has 112 valence electrons. The molecule has 1 saturated carbocycles. The van der Waals surface area contributed by atoms with Crippen LogP contribution in [0.3, 0.4) is 0 Å². The van der Waals surface area contributed by atoms with E-state index in [4.69, 9.17) is 0 Å². The van der Waals surface area contributed by atoms with Gasteiger partial charge in [0.15, 0.2) is 0 Å². The second kappa shape index (κ2) is 5.23. The second-order valence-electron chi connectivity index (χ2n) is 7.73. The molecule has 20 heavy (non-hydrogen) atoms. The van der Waals surface area contributed by atoms with Crippen molar-refractivity contribution in [2.45, 2.75) is 59.9 Å². The van der Waals surface area contributed by atoms with Crippen molar-refractivity contribution in [2.75, 3.05) is 17.7 Å². The molecule has 0 bridgehead atoms. The molecule has 0 aliphatic heterocycles. The maximum Gasteiger partial charge on any atom is 0.224 e. The van der Waals surface area contributed by atoms with Crippen LogP contribution in [0.25, 0.3) is 0 Å². The Labute approximate surface area is 122 Å². The van der Waals surface area contributed by atoms with E-state index in [1.807, 2.05) is 13.2 Å². The van der Waals surface area contributed by atoms with E-state index in [9.17, 15) is 0 Å². The number of nitrogens with zero attached hydrogens (tertiary/aromatic N) is 2. The van der Waals surface area contributed by atoms with Gasteiger partial charge in [0.25, 0.3) is 0 Å². The normalized spacial score (nSPS) is 21.5. The maximum atomic E-state index is 4.55. The van der Waals surface area contributed by atoms with E-state index in [-0.39, 0.29) is 0 Å². The monoisotopic (exact) mass is 276 g/mol. The van der Waals surface area contributed by atoms with Crippen molar-refractivity contribution in [3.05, 3.63) is 11.8 Å². The van der Waals surface area contributed by atoms with Crippen LogP contribution in [0.1, 0.15) is 52.5 Å². The van der Waals surface area contributed by atoms with Gasteiger partial charge in [-0.25, -0.2) is 4.98 Å². The lowest BCUT2D eigenvalue weighted by molar-refractivity contribution is 0.105. The SMILES string of the molecule is CNc1ncc(C)c(NC2CC(C)(C)CC(C)(C)C2)n1. The van der Waals surface area contributed by atoms with Crippen molar-refractivity contribution in [3.63, 3.8) is 0 Å². The lowest BCUT2D eigenvalue weighted by Gasteiger charge is -2.45. The molecular formula is C16H28N4. The van der Waals surface area contributed by atoms with E-state index in [1.54, 1.807) is 0 Å². The molecular weight excluding hydrogens is 248 g/mol. The van der Waals surface area contributed by atoms with E-state index in [0.29, 0.717) is 22.8 Å². The van der Waals surface area contributed by atoms with Crippen molar-refractivity contribution in [3.8, 4) is 0 Å². The summed E-state index contributed by atoms with van der Waals surface area (Å²) in [7, 11) is 1.85. The molecule has 0 amide bonds. The Morgan fingerprint density at radius 2 is 1.75 bits per heavy atom. The molecule has 0 aromatic carbocycles. The number of aryl methyl sites for hydroxylation is 1. The van der Waals surface area contributed by atoms with Crippen molar-refractivity contribution in [1.29, 1.82) is 0 Å². The van der Waals surface area contributed by atoms with Crippen LogP contribution in [0.5, 0.6) is 0 Å². The topological polar surface area (TPSA) is 49.8 Å². The fourth-order valence-corrected chi connectivity index (χ4v) is 3.85. The molecule has 4 nitrogen and oxygen atoms in total. The minimum Gasteiger partial charge on any atom is -0.367 e. The van der Waals surface area contributed by atoms with Gasteiger partial charge in [-0.2, -0.15) is 4.98 Å². The Morgan fingerprint density at radius 3 is 2.30 bits per heavy atom. The molecule has 0 spiro atoms. The molecule has 1 aliphatic carbocycles. The van der Waals surface area contributed by atoms with Crippen molar-refractivity contribution in [2.24, 2.45) is 10.8 Å². The first-order valence-electron chi connectivity index (χ1n) is 7.49. The van der Waals surface area contributed by atoms with Crippen LogP contribution in [0.4, 0.5) is 11.8 Å². The summed E-state index contributed by atoms with van der Waals surface area (Å²) in [6, 6.07) is 0.479. The highest BCUT2D eigenvalue weighted by Gasteiger charge is 2.38. The van der Waals surface area contributed by atoms with Gasteiger partial charge in [-0.05, 0) is 37.0 Å². The van der Waals surface area contributed by atoms with Gasteiger partial charge in [0.1, 0.15) is 5.82 Å². The molecule has 0 radical (unpaired) electrons. The third kappa shape index (κ3) is 3.62. The summed E-state index contributed by atoms with van der Waals surface area (Å²) in [5, 5.41) is 6.65. The Bertz CT molecular complexity index is 463. The third-order valence-electron chi connectivity index (χ3n) is 4.09. The van der Waals surface area contributed by atoms with Gasteiger partial charge < -0.3 is 10.6 Å². The second-order valence-corrected chi connectivity index (χ2v) is 7.73. The molecule has 4 heteroatoms. The van der Waals surface area contributed by atoms with E-state index in [0.717, 1.165) is 11.4 Å². The lowest BCUT2D eigenvalue weighted by atomic mass is 9.63. The molecule has 1 aromatic rings. The largest absolute Gasteiger partial charge is 0.367 e. The molecule has 1 heterocycles. The predicted octanol–water partition coefficient (Wildman–Crippen LogP) is 3.84. The summed E-state index contributed by atoms with van der Waals surface area (Å²) in [4.78, 5) is 8.79. The summed E-state index contributed by atoms with van der Waals surface area (Å²) in [6.07, 6.45) is 5.53. The first kappa shape index (κ1) is 15.1. The van der Waals surface area contributed by atoms with Crippen molar-refractivity contribution in [1.82, 2.24) is 9.97 Å². The van der Waals surface area contributed by atoms with Crippen LogP contribution >= 0.6 is 0 Å². The molecule has 0 atom stereocenters. The zero-order valence-corrected chi connectivity index (χ0v) is 13.7. The van der Waals surface area contributed by atoms with Crippen LogP contribution < -0.4 is 10.6 Å². The van der Waals surface area contributed by atoms with Crippen LogP contribution in [0, 0.1) is 17.8 Å². The molecule has 1 fully saturated rings. The highest BCUT2D eigenvalue weighted by Crippen LogP contribution is 2.46. The average Bonchev–Trinajstić information content (AvgIpc) is 2.28. The Morgan fingerprint density at radius 1 is 1.15 bits per heavy atom. The Hall–Kier alpha value is -1.32. The summed E-state index contributed by atoms with van der Waals surface area (Å²) in [6.45, 7) is 11.5. The van der Waals surface area contributed by atoms with Crippen LogP contribution in [0.15, 0.2) is 6.20 Å². The van der Waals surface area contributed by atoms with Crippen LogP contribution in [0.2, 0.25) is 0 Å². The highest BCUT2D eigenvalue weighted by molar-refractivity contribution is 5.47. The quantitative estimate of drug-likeness (QED) is 0.880. The van der Waals surface area contributed by atoms with E-state index >= 15 is 0 Å². The minimum atomic E-state index is 0.381. The van der Waals surface area contributed by atoms with Crippen molar-refractivity contribution < 1.29 is 0 Å². The van der Waals surface area contributed by atoms with Gasteiger partial charge in [-0.1, -0.05) is 27.7 Å². The molecule has 2 rings (SSSR count). The molecule has 1 aliphatic rings. The van der Waals surface area contributed by atoms with Gasteiger partial charge in [0.2, 0.25) is 5.95 Å². The van der Waals surface area contributed by atoms with E-state index in [1.165, 1.54) is 19.3 Å². The smallest absolute Gasteiger partial charge is 0.224 e. The van der Waals surface area contributed by atoms with Gasteiger partial charge in [0.05, 0.1) is 0 Å². The standard InChI is InChI=1S/C16H28N4/c1-11-9-18-14(17-6)20-13(11)19-12-7-15(2,3)10-16(4,5)8-12/h9,12H,7-8,10H2,1-6H3,(H2,17,18,19,20). The number of hydrogen-bond donors (Lipinski definition) is 2. The van der Waals surface area contributed by atoms with E-state index < -0.39 is 0 Å². The Kier molecular flexibility index (Phi) is 3.94. The predicted molar refractivity (Wildman–Crippen MR) is 85.1 cm³/mol. The van der Waals surface area contributed by atoms with Gasteiger partial charge in [0, 0.05) is 24.8 Å².